The molecular formula is C17H16F8O4. The van der Waals surface area contributed by atoms with Crippen LogP contribution in [0.1, 0.15) is 24.8 Å². The molecule has 0 aliphatic carbocycles. The van der Waals surface area contributed by atoms with E-state index in [1.54, 1.807) is 25.1 Å². The lowest BCUT2D eigenvalue weighted by Crippen LogP contribution is -2.59. The Hall–Kier alpha value is -2.40. The third-order valence-corrected chi connectivity index (χ3v) is 3.65. The average molecular weight is 436 g/mol. The van der Waals surface area contributed by atoms with Crippen molar-refractivity contribution in [3.63, 3.8) is 0 Å². The van der Waals surface area contributed by atoms with Gasteiger partial charge in [-0.2, -0.15) is 26.3 Å². The quantitative estimate of drug-likeness (QED) is 0.301. The summed E-state index contributed by atoms with van der Waals surface area (Å²) in [5.41, 5.74) is 0.643. The fourth-order valence-corrected chi connectivity index (χ4v) is 1.94. The molecule has 1 aromatic carbocycles. The highest BCUT2D eigenvalue weighted by atomic mass is 19.4. The van der Waals surface area contributed by atoms with Gasteiger partial charge in [0.15, 0.2) is 6.61 Å². The lowest BCUT2D eigenvalue weighted by atomic mass is 10.1. The first-order valence-corrected chi connectivity index (χ1v) is 8.06. The van der Waals surface area contributed by atoms with E-state index in [1.165, 1.54) is 6.07 Å². The molecule has 0 heterocycles. The van der Waals surface area contributed by atoms with Gasteiger partial charge in [-0.15, -0.1) is 0 Å². The molecule has 0 bridgehead atoms. The van der Waals surface area contributed by atoms with Gasteiger partial charge in [0.1, 0.15) is 5.75 Å². The molecule has 12 heteroatoms. The first kappa shape index (κ1) is 24.6. The van der Waals surface area contributed by atoms with E-state index < -0.39 is 49.2 Å². The van der Waals surface area contributed by atoms with Crippen molar-refractivity contribution in [3.8, 4) is 5.75 Å². The molecule has 0 aliphatic heterocycles. The summed E-state index contributed by atoms with van der Waals surface area (Å²) in [6, 6.07) is 6.45. The van der Waals surface area contributed by atoms with Crippen LogP contribution in [0.5, 0.6) is 5.75 Å². The molecule has 0 radical (unpaired) electrons. The fraction of sp³-hybridized carbons (Fsp3) is 0.529. The molecule has 164 valence electrons. The molecule has 0 aromatic heterocycles. The lowest BCUT2D eigenvalue weighted by Gasteiger charge is -2.31. The van der Waals surface area contributed by atoms with E-state index in [1.807, 2.05) is 0 Å². The van der Waals surface area contributed by atoms with Crippen LogP contribution in [0.25, 0.3) is 0 Å². The number of para-hydroxylation sites is 1. The Balaban J connectivity index is 2.48. The Morgan fingerprint density at radius 3 is 2.07 bits per heavy atom. The van der Waals surface area contributed by atoms with Gasteiger partial charge < -0.3 is 9.47 Å². The summed E-state index contributed by atoms with van der Waals surface area (Å²) in [6.45, 7) is -0.873. The third-order valence-electron chi connectivity index (χ3n) is 3.65. The van der Waals surface area contributed by atoms with Crippen molar-refractivity contribution >= 4 is 11.9 Å². The Morgan fingerprint density at radius 1 is 0.966 bits per heavy atom. The molecule has 29 heavy (non-hydrogen) atoms. The number of halogens is 8. The maximum atomic E-state index is 13.2. The standard InChI is InChI=1S/C17H16F8O4/c1-10-5-2-3-6-11(10)29-13(27)8-4-7-12(26)28-9-15(20,21)17(24,25)16(22,23)14(18)19/h2-3,5-6,14H,4,7-9H2,1H3. The molecule has 1 aromatic rings. The molecular weight excluding hydrogens is 420 g/mol. The number of carbonyl (C=O) groups excluding carboxylic acids is 2. The number of rotatable bonds is 10. The predicted molar refractivity (Wildman–Crippen MR) is 82.5 cm³/mol. The first-order chi connectivity index (χ1) is 13.2. The molecule has 0 fully saturated rings. The van der Waals surface area contributed by atoms with Crippen molar-refractivity contribution in [2.75, 3.05) is 6.61 Å². The number of hydrogen-bond acceptors (Lipinski definition) is 4. The Bertz CT molecular complexity index is 721. The molecule has 0 spiro atoms. The predicted octanol–water partition coefficient (Wildman–Crippen LogP) is 4.78. The normalized spacial score (nSPS) is 12.8. The third kappa shape index (κ3) is 6.04. The minimum atomic E-state index is -6.45. The van der Waals surface area contributed by atoms with Gasteiger partial charge in [-0.25, -0.2) is 8.78 Å². The smallest absolute Gasteiger partial charge is 0.381 e. The van der Waals surface area contributed by atoms with E-state index in [2.05, 4.69) is 4.74 Å². The van der Waals surface area contributed by atoms with E-state index in [0.29, 0.717) is 5.56 Å². The van der Waals surface area contributed by atoms with Gasteiger partial charge in [-0.05, 0) is 25.0 Å². The number of aryl methyl sites for hydroxylation is 1. The Labute approximate surface area is 159 Å². The summed E-state index contributed by atoms with van der Waals surface area (Å²) in [5.74, 6) is -20.6. The number of benzene rings is 1. The van der Waals surface area contributed by atoms with Crippen molar-refractivity contribution in [2.24, 2.45) is 0 Å². The minimum absolute atomic E-state index is 0.252. The maximum absolute atomic E-state index is 13.2. The second kappa shape index (κ2) is 9.40. The Kier molecular flexibility index (Phi) is 7.98. The highest BCUT2D eigenvalue weighted by Crippen LogP contribution is 2.48. The van der Waals surface area contributed by atoms with Gasteiger partial charge in [0.05, 0.1) is 0 Å². The van der Waals surface area contributed by atoms with E-state index in [4.69, 9.17) is 4.74 Å². The molecule has 4 nitrogen and oxygen atoms in total. The zero-order chi connectivity index (χ0) is 22.5. The van der Waals surface area contributed by atoms with Crippen LogP contribution < -0.4 is 4.74 Å². The second-order valence-electron chi connectivity index (χ2n) is 5.96. The van der Waals surface area contributed by atoms with Gasteiger partial charge in [0, 0.05) is 12.8 Å². The van der Waals surface area contributed by atoms with Crippen LogP contribution in [0.15, 0.2) is 24.3 Å². The van der Waals surface area contributed by atoms with Gasteiger partial charge >= 0.3 is 36.1 Å². The van der Waals surface area contributed by atoms with Crippen LogP contribution in [0.2, 0.25) is 0 Å². The number of esters is 2. The summed E-state index contributed by atoms with van der Waals surface area (Å²) in [5, 5.41) is 0. The van der Waals surface area contributed by atoms with Crippen molar-refractivity contribution < 1.29 is 54.2 Å². The van der Waals surface area contributed by atoms with Gasteiger partial charge in [0.2, 0.25) is 0 Å². The van der Waals surface area contributed by atoms with E-state index >= 15 is 0 Å². The maximum Gasteiger partial charge on any atom is 0.381 e. The summed E-state index contributed by atoms with van der Waals surface area (Å²) in [7, 11) is 0. The minimum Gasteiger partial charge on any atom is -0.459 e. The molecule has 0 saturated heterocycles. The monoisotopic (exact) mass is 436 g/mol. The van der Waals surface area contributed by atoms with Crippen LogP contribution in [-0.4, -0.2) is 42.7 Å². The largest absolute Gasteiger partial charge is 0.459 e. The Morgan fingerprint density at radius 2 is 1.52 bits per heavy atom. The van der Waals surface area contributed by atoms with Gasteiger partial charge in [-0.1, -0.05) is 18.2 Å². The summed E-state index contributed by atoms with van der Waals surface area (Å²) in [6.07, 6.45) is -6.40. The SMILES string of the molecule is Cc1ccccc1OC(=O)CCCC(=O)OCC(F)(F)C(F)(F)C(F)(F)C(F)F. The first-order valence-electron chi connectivity index (χ1n) is 8.06. The van der Waals surface area contributed by atoms with Crippen LogP contribution in [0, 0.1) is 6.92 Å². The molecule has 1 rings (SSSR count). The van der Waals surface area contributed by atoms with Crippen LogP contribution in [-0.2, 0) is 14.3 Å². The van der Waals surface area contributed by atoms with Crippen molar-refractivity contribution in [3.05, 3.63) is 29.8 Å². The summed E-state index contributed by atoms with van der Waals surface area (Å²) < 4.78 is 111. The molecule has 0 unspecified atom stereocenters. The molecule has 0 atom stereocenters. The van der Waals surface area contributed by atoms with E-state index in [9.17, 15) is 44.7 Å². The number of hydrogen-bond donors (Lipinski definition) is 0. The molecule has 0 amide bonds. The van der Waals surface area contributed by atoms with E-state index in [0.717, 1.165) is 0 Å². The molecule has 0 saturated carbocycles. The second-order valence-corrected chi connectivity index (χ2v) is 5.96. The van der Waals surface area contributed by atoms with Crippen LogP contribution >= 0.6 is 0 Å². The average Bonchev–Trinajstić information content (AvgIpc) is 2.61. The fourth-order valence-electron chi connectivity index (χ4n) is 1.94. The van der Waals surface area contributed by atoms with E-state index in [-0.39, 0.29) is 18.6 Å². The van der Waals surface area contributed by atoms with Gasteiger partial charge in [-0.3, -0.25) is 9.59 Å². The van der Waals surface area contributed by atoms with Crippen molar-refractivity contribution in [1.82, 2.24) is 0 Å². The highest BCUT2D eigenvalue weighted by molar-refractivity contribution is 5.74. The zero-order valence-electron chi connectivity index (χ0n) is 14.9. The number of ether oxygens (including phenoxy) is 2. The number of carbonyl (C=O) groups is 2. The van der Waals surface area contributed by atoms with Crippen LogP contribution in [0.3, 0.4) is 0 Å². The summed E-state index contributed by atoms with van der Waals surface area (Å²) in [4.78, 5) is 22.9. The summed E-state index contributed by atoms with van der Waals surface area (Å²) >= 11 is 0. The topological polar surface area (TPSA) is 52.6 Å². The number of alkyl halides is 8. The van der Waals surface area contributed by atoms with Crippen LogP contribution in [0.4, 0.5) is 35.1 Å². The van der Waals surface area contributed by atoms with Crippen molar-refractivity contribution in [1.29, 1.82) is 0 Å². The van der Waals surface area contributed by atoms with Gasteiger partial charge in [0.25, 0.3) is 0 Å². The molecule has 0 aliphatic rings. The lowest BCUT2D eigenvalue weighted by molar-refractivity contribution is -0.344. The zero-order valence-corrected chi connectivity index (χ0v) is 14.9. The van der Waals surface area contributed by atoms with Crippen molar-refractivity contribution in [2.45, 2.75) is 50.4 Å². The highest BCUT2D eigenvalue weighted by Gasteiger charge is 2.75. The molecule has 0 N–H and O–H groups in total.